The van der Waals surface area contributed by atoms with Crippen LogP contribution in [0.3, 0.4) is 0 Å². The molecule has 0 bridgehead atoms. The Labute approximate surface area is 124 Å². The summed E-state index contributed by atoms with van der Waals surface area (Å²) in [5.74, 6) is 0.938. The minimum absolute atomic E-state index is 0.692. The van der Waals surface area contributed by atoms with Crippen molar-refractivity contribution >= 4 is 17.3 Å². The zero-order chi connectivity index (χ0) is 13.9. The molecule has 0 unspecified atom stereocenters. The van der Waals surface area contributed by atoms with Crippen LogP contribution in [0.25, 0.3) is 0 Å². The second-order valence-electron chi connectivity index (χ2n) is 5.34. The van der Waals surface area contributed by atoms with Crippen LogP contribution < -0.4 is 10.2 Å². The van der Waals surface area contributed by atoms with Gasteiger partial charge in [-0.2, -0.15) is 0 Å². The van der Waals surface area contributed by atoms with Crippen LogP contribution in [-0.4, -0.2) is 13.1 Å². The van der Waals surface area contributed by atoms with Gasteiger partial charge in [0, 0.05) is 19.6 Å². The first-order valence-electron chi connectivity index (χ1n) is 6.98. The van der Waals surface area contributed by atoms with Crippen molar-refractivity contribution in [2.75, 3.05) is 11.9 Å². The van der Waals surface area contributed by atoms with Crippen molar-refractivity contribution in [1.29, 1.82) is 0 Å². The molecule has 2 aromatic rings. The fraction of sp³-hybridized carbons (Fsp3) is 0.375. The lowest BCUT2D eigenvalue weighted by atomic mass is 10.1. The average molecular weight is 291 g/mol. The molecule has 0 saturated heterocycles. The number of halogens is 1. The number of para-hydroxylation sites is 1. The summed E-state index contributed by atoms with van der Waals surface area (Å²) in [4.78, 5) is 2.14. The van der Waals surface area contributed by atoms with E-state index in [1.165, 1.54) is 18.4 Å². The number of hydrogen-bond acceptors (Lipinski definition) is 3. The van der Waals surface area contributed by atoms with Crippen LogP contribution >= 0.6 is 11.6 Å². The molecule has 1 heterocycles. The molecule has 4 heteroatoms. The molecular weight excluding hydrogens is 272 g/mol. The van der Waals surface area contributed by atoms with Crippen molar-refractivity contribution in [3.63, 3.8) is 0 Å². The Morgan fingerprint density at radius 2 is 2.15 bits per heavy atom. The normalized spacial score (nSPS) is 14.5. The standard InChI is InChI=1S/C16H19ClN2O/c1-19(11-14-5-3-9-20-14)16-12(4-2-6-15(16)17)10-18-13-7-8-13/h2-6,9,13,18H,7-8,10-11H2,1H3. The predicted molar refractivity (Wildman–Crippen MR) is 82.1 cm³/mol. The predicted octanol–water partition coefficient (Wildman–Crippen LogP) is 3.82. The molecule has 3 rings (SSSR count). The molecule has 0 spiro atoms. The molecule has 20 heavy (non-hydrogen) atoms. The third kappa shape index (κ3) is 3.17. The Morgan fingerprint density at radius 1 is 1.30 bits per heavy atom. The summed E-state index contributed by atoms with van der Waals surface area (Å²) in [7, 11) is 2.05. The molecule has 1 aliphatic carbocycles. The van der Waals surface area contributed by atoms with Gasteiger partial charge in [0.05, 0.1) is 23.5 Å². The van der Waals surface area contributed by atoms with Gasteiger partial charge in [-0.05, 0) is 36.6 Å². The van der Waals surface area contributed by atoms with Crippen LogP contribution in [0.5, 0.6) is 0 Å². The third-order valence-electron chi connectivity index (χ3n) is 3.58. The smallest absolute Gasteiger partial charge is 0.123 e. The van der Waals surface area contributed by atoms with Gasteiger partial charge in [-0.1, -0.05) is 23.7 Å². The first-order valence-corrected chi connectivity index (χ1v) is 7.36. The fourth-order valence-corrected chi connectivity index (χ4v) is 2.73. The van der Waals surface area contributed by atoms with E-state index in [0.29, 0.717) is 12.6 Å². The lowest BCUT2D eigenvalue weighted by Crippen LogP contribution is -2.21. The van der Waals surface area contributed by atoms with E-state index >= 15 is 0 Å². The first kappa shape index (κ1) is 13.5. The highest BCUT2D eigenvalue weighted by molar-refractivity contribution is 6.33. The molecule has 0 amide bonds. The minimum Gasteiger partial charge on any atom is -0.467 e. The van der Waals surface area contributed by atoms with Crippen molar-refractivity contribution in [2.24, 2.45) is 0 Å². The number of anilines is 1. The van der Waals surface area contributed by atoms with E-state index in [1.807, 2.05) is 31.3 Å². The first-order chi connectivity index (χ1) is 9.74. The summed E-state index contributed by atoms with van der Waals surface area (Å²) in [5.41, 5.74) is 2.32. The van der Waals surface area contributed by atoms with E-state index in [9.17, 15) is 0 Å². The van der Waals surface area contributed by atoms with Crippen LogP contribution in [0.15, 0.2) is 41.0 Å². The van der Waals surface area contributed by atoms with Gasteiger partial charge in [-0.25, -0.2) is 0 Å². The highest BCUT2D eigenvalue weighted by Gasteiger charge is 2.21. The Bertz CT molecular complexity index is 564. The fourth-order valence-electron chi connectivity index (χ4n) is 2.39. The Morgan fingerprint density at radius 3 is 2.85 bits per heavy atom. The summed E-state index contributed by atoms with van der Waals surface area (Å²) in [6.45, 7) is 1.58. The molecule has 0 aliphatic heterocycles. The van der Waals surface area contributed by atoms with E-state index in [4.69, 9.17) is 16.0 Å². The summed E-state index contributed by atoms with van der Waals surface area (Å²) in [6.07, 6.45) is 4.28. The van der Waals surface area contributed by atoms with Crippen LogP contribution in [0.2, 0.25) is 5.02 Å². The maximum Gasteiger partial charge on any atom is 0.123 e. The minimum atomic E-state index is 0.692. The average Bonchev–Trinajstić information content (AvgIpc) is 3.13. The van der Waals surface area contributed by atoms with Gasteiger partial charge < -0.3 is 14.6 Å². The van der Waals surface area contributed by atoms with E-state index in [1.54, 1.807) is 6.26 Å². The summed E-state index contributed by atoms with van der Waals surface area (Å²) >= 11 is 6.40. The zero-order valence-corrected chi connectivity index (χ0v) is 12.4. The van der Waals surface area contributed by atoms with Crippen molar-refractivity contribution in [3.8, 4) is 0 Å². The van der Waals surface area contributed by atoms with Crippen molar-refractivity contribution < 1.29 is 4.42 Å². The number of nitrogens with one attached hydrogen (secondary N) is 1. The number of furan rings is 1. The lowest BCUT2D eigenvalue weighted by Gasteiger charge is -2.23. The van der Waals surface area contributed by atoms with Crippen molar-refractivity contribution in [1.82, 2.24) is 5.32 Å². The van der Waals surface area contributed by atoms with E-state index in [-0.39, 0.29) is 0 Å². The molecular formula is C16H19ClN2O. The van der Waals surface area contributed by atoms with Gasteiger partial charge in [0.1, 0.15) is 5.76 Å². The molecule has 1 aromatic heterocycles. The molecule has 1 N–H and O–H groups in total. The molecule has 3 nitrogen and oxygen atoms in total. The van der Waals surface area contributed by atoms with Crippen LogP contribution in [0.1, 0.15) is 24.2 Å². The molecule has 0 radical (unpaired) electrons. The molecule has 1 aromatic carbocycles. The third-order valence-corrected chi connectivity index (χ3v) is 3.89. The second-order valence-corrected chi connectivity index (χ2v) is 5.75. The van der Waals surface area contributed by atoms with E-state index in [0.717, 1.165) is 23.0 Å². The zero-order valence-electron chi connectivity index (χ0n) is 11.6. The molecule has 1 fully saturated rings. The van der Waals surface area contributed by atoms with E-state index < -0.39 is 0 Å². The number of rotatable bonds is 6. The van der Waals surface area contributed by atoms with Gasteiger partial charge in [0.25, 0.3) is 0 Å². The van der Waals surface area contributed by atoms with Gasteiger partial charge in [0.2, 0.25) is 0 Å². The van der Waals surface area contributed by atoms with Crippen LogP contribution in [0.4, 0.5) is 5.69 Å². The van der Waals surface area contributed by atoms with E-state index in [2.05, 4.69) is 16.3 Å². The highest BCUT2D eigenvalue weighted by Crippen LogP contribution is 2.31. The summed E-state index contributed by atoms with van der Waals surface area (Å²) < 4.78 is 5.41. The van der Waals surface area contributed by atoms with Crippen LogP contribution in [0, 0.1) is 0 Å². The van der Waals surface area contributed by atoms with Gasteiger partial charge >= 0.3 is 0 Å². The summed E-state index contributed by atoms with van der Waals surface area (Å²) in [5, 5.41) is 4.33. The molecule has 0 atom stereocenters. The SMILES string of the molecule is CN(Cc1ccco1)c1c(Cl)cccc1CNC1CC1. The maximum absolute atomic E-state index is 6.40. The van der Waals surface area contributed by atoms with Gasteiger partial charge in [-0.3, -0.25) is 0 Å². The second kappa shape index (κ2) is 5.90. The quantitative estimate of drug-likeness (QED) is 0.877. The number of benzene rings is 1. The van der Waals surface area contributed by atoms with Gasteiger partial charge in [-0.15, -0.1) is 0 Å². The highest BCUT2D eigenvalue weighted by atomic mass is 35.5. The summed E-state index contributed by atoms with van der Waals surface area (Å²) in [6, 6.07) is 10.7. The monoisotopic (exact) mass is 290 g/mol. The van der Waals surface area contributed by atoms with Crippen molar-refractivity contribution in [2.45, 2.75) is 32.0 Å². The Balaban J connectivity index is 1.78. The Kier molecular flexibility index (Phi) is 3.99. The van der Waals surface area contributed by atoms with Crippen molar-refractivity contribution in [3.05, 3.63) is 52.9 Å². The maximum atomic E-state index is 6.40. The number of nitrogens with zero attached hydrogens (tertiary/aromatic N) is 1. The molecule has 1 aliphatic rings. The lowest BCUT2D eigenvalue weighted by molar-refractivity contribution is 0.507. The van der Waals surface area contributed by atoms with Crippen LogP contribution in [-0.2, 0) is 13.1 Å². The van der Waals surface area contributed by atoms with Gasteiger partial charge in [0.15, 0.2) is 0 Å². The molecule has 1 saturated carbocycles. The Hall–Kier alpha value is -1.45. The largest absolute Gasteiger partial charge is 0.467 e. The molecule has 106 valence electrons. The topological polar surface area (TPSA) is 28.4 Å². The number of hydrogen-bond donors (Lipinski definition) is 1.